The summed E-state index contributed by atoms with van der Waals surface area (Å²) >= 11 is 0. The molecule has 8 nitrogen and oxygen atoms in total. The van der Waals surface area contributed by atoms with Crippen LogP contribution in [-0.2, 0) is 14.1 Å². The lowest BCUT2D eigenvalue weighted by Gasteiger charge is -2.21. The number of hydrogen-bond acceptors (Lipinski definition) is 4. The van der Waals surface area contributed by atoms with Gasteiger partial charge in [0.05, 0.1) is 6.04 Å². The maximum absolute atomic E-state index is 13.0. The molecule has 0 bridgehead atoms. The van der Waals surface area contributed by atoms with Crippen LogP contribution in [0.25, 0.3) is 33.6 Å². The highest BCUT2D eigenvalue weighted by Gasteiger charge is 2.31. The second kappa shape index (κ2) is 6.65. The second-order valence-corrected chi connectivity index (χ2v) is 7.80. The highest BCUT2D eigenvalue weighted by atomic mass is 16.2. The Morgan fingerprint density at radius 1 is 1.00 bits per heavy atom. The average Bonchev–Trinajstić information content (AvgIpc) is 3.16. The molecule has 1 aliphatic carbocycles. The van der Waals surface area contributed by atoms with Crippen LogP contribution >= 0.6 is 0 Å². The van der Waals surface area contributed by atoms with E-state index in [2.05, 4.69) is 19.7 Å². The van der Waals surface area contributed by atoms with Crippen LogP contribution in [0.3, 0.4) is 0 Å². The van der Waals surface area contributed by atoms with Crippen LogP contribution in [0, 0.1) is 0 Å². The molecule has 8 heteroatoms. The molecule has 0 atom stereocenters. The average molecular weight is 391 g/mol. The van der Waals surface area contributed by atoms with Crippen LogP contribution in [0.15, 0.2) is 39.9 Å². The number of nitrogens with zero attached hydrogens (tertiary/aromatic N) is 5. The maximum Gasteiger partial charge on any atom is 0.332 e. The van der Waals surface area contributed by atoms with Gasteiger partial charge in [-0.05, 0) is 37.8 Å². The molecule has 0 unspecified atom stereocenters. The summed E-state index contributed by atoms with van der Waals surface area (Å²) in [5.74, 6) is 0.921. The van der Waals surface area contributed by atoms with Crippen LogP contribution in [0.4, 0.5) is 0 Å². The van der Waals surface area contributed by atoms with Gasteiger partial charge in [0.25, 0.3) is 5.56 Å². The molecular weight excluding hydrogens is 368 g/mol. The van der Waals surface area contributed by atoms with E-state index in [0.29, 0.717) is 28.2 Å². The van der Waals surface area contributed by atoms with Crippen molar-refractivity contribution in [1.29, 1.82) is 0 Å². The van der Waals surface area contributed by atoms with Crippen molar-refractivity contribution in [2.45, 2.75) is 38.1 Å². The fourth-order valence-corrected chi connectivity index (χ4v) is 4.50. The zero-order valence-electron chi connectivity index (χ0n) is 16.6. The molecule has 0 saturated heterocycles. The minimum atomic E-state index is -0.411. The monoisotopic (exact) mass is 391 g/mol. The Kier molecular flexibility index (Phi) is 4.08. The number of rotatable bonds is 2. The zero-order chi connectivity index (χ0) is 20.1. The molecule has 148 valence electrons. The molecule has 0 spiro atoms. The molecule has 1 N–H and O–H groups in total. The standard InChI is InChI=1S/C21H22N6O2/c1-25-18-15(20(28)26(2)21(25)29)16-19(24-23-18)27(14-11-7-4-8-12-14)17(22-16)13-9-5-3-6-10-13/h3,5-6,9-10,14H,4,7-8,11-12H2,1-2H3/p+1. The van der Waals surface area contributed by atoms with Crippen LogP contribution in [0.1, 0.15) is 38.1 Å². The van der Waals surface area contributed by atoms with Crippen LogP contribution in [0.5, 0.6) is 0 Å². The van der Waals surface area contributed by atoms with Crippen LogP contribution < -0.4 is 15.8 Å². The van der Waals surface area contributed by atoms with E-state index in [9.17, 15) is 9.59 Å². The van der Waals surface area contributed by atoms with Gasteiger partial charge in [0.15, 0.2) is 11.2 Å². The van der Waals surface area contributed by atoms with Gasteiger partial charge in [-0.2, -0.15) is 0 Å². The Hall–Kier alpha value is -3.29. The Morgan fingerprint density at radius 2 is 1.72 bits per heavy atom. The van der Waals surface area contributed by atoms with E-state index in [0.717, 1.165) is 28.8 Å². The quantitative estimate of drug-likeness (QED) is 0.529. The van der Waals surface area contributed by atoms with Crippen molar-refractivity contribution < 1.29 is 4.57 Å². The number of aromatic amines is 1. The van der Waals surface area contributed by atoms with Gasteiger partial charge in [-0.15, -0.1) is 0 Å². The molecule has 0 aliphatic heterocycles. The van der Waals surface area contributed by atoms with Crippen molar-refractivity contribution in [3.05, 3.63) is 51.2 Å². The molecule has 1 aromatic carbocycles. The third-order valence-corrected chi connectivity index (χ3v) is 6.05. The normalized spacial score (nSPS) is 15.4. The molecule has 5 rings (SSSR count). The number of aromatic nitrogens is 6. The van der Waals surface area contributed by atoms with Crippen molar-refractivity contribution in [3.8, 4) is 11.4 Å². The highest BCUT2D eigenvalue weighted by molar-refractivity contribution is 5.97. The molecule has 0 amide bonds. The lowest BCUT2D eigenvalue weighted by molar-refractivity contribution is -0.692. The van der Waals surface area contributed by atoms with Gasteiger partial charge in [-0.25, -0.2) is 9.36 Å². The van der Waals surface area contributed by atoms with Crippen molar-refractivity contribution in [2.24, 2.45) is 14.1 Å². The van der Waals surface area contributed by atoms with Gasteiger partial charge in [0.1, 0.15) is 5.39 Å². The summed E-state index contributed by atoms with van der Waals surface area (Å²) in [6.45, 7) is 0. The summed E-state index contributed by atoms with van der Waals surface area (Å²) in [5.41, 5.74) is 1.86. The van der Waals surface area contributed by atoms with Gasteiger partial charge >= 0.3 is 11.3 Å². The Bertz CT molecular complexity index is 1340. The number of nitrogens with one attached hydrogen (secondary N) is 1. The van der Waals surface area contributed by atoms with Crippen molar-refractivity contribution in [3.63, 3.8) is 0 Å². The largest absolute Gasteiger partial charge is 0.332 e. The van der Waals surface area contributed by atoms with E-state index in [-0.39, 0.29) is 5.56 Å². The van der Waals surface area contributed by atoms with Gasteiger partial charge in [0.2, 0.25) is 5.82 Å². The zero-order valence-corrected chi connectivity index (χ0v) is 16.6. The Morgan fingerprint density at radius 3 is 2.45 bits per heavy atom. The molecular formula is C21H23N6O2+. The van der Waals surface area contributed by atoms with E-state index < -0.39 is 5.69 Å². The lowest BCUT2D eigenvalue weighted by atomic mass is 9.95. The highest BCUT2D eigenvalue weighted by Crippen LogP contribution is 2.29. The third kappa shape index (κ3) is 2.62. The first kappa shape index (κ1) is 17.8. The van der Waals surface area contributed by atoms with E-state index in [1.807, 2.05) is 30.3 Å². The van der Waals surface area contributed by atoms with E-state index >= 15 is 0 Å². The first-order valence-electron chi connectivity index (χ1n) is 10.0. The number of H-pyrrole nitrogens is 1. The van der Waals surface area contributed by atoms with Crippen molar-refractivity contribution in [1.82, 2.24) is 24.3 Å². The predicted molar refractivity (Wildman–Crippen MR) is 110 cm³/mol. The molecule has 29 heavy (non-hydrogen) atoms. The van der Waals surface area contributed by atoms with E-state index in [1.165, 1.54) is 30.9 Å². The number of imidazole rings is 1. The van der Waals surface area contributed by atoms with Gasteiger partial charge in [-0.3, -0.25) is 18.9 Å². The Balaban J connectivity index is 1.92. The summed E-state index contributed by atoms with van der Waals surface area (Å²) < 4.78 is 4.70. The first-order chi connectivity index (χ1) is 14.1. The smallest absolute Gasteiger partial charge is 0.278 e. The third-order valence-electron chi connectivity index (χ3n) is 6.05. The van der Waals surface area contributed by atoms with E-state index in [4.69, 9.17) is 0 Å². The summed E-state index contributed by atoms with van der Waals surface area (Å²) in [5, 5.41) is 9.16. The van der Waals surface area contributed by atoms with Crippen LogP contribution in [-0.4, -0.2) is 24.3 Å². The molecule has 1 saturated carbocycles. The molecule has 1 aliphatic rings. The molecule has 4 aromatic rings. The number of benzene rings is 1. The van der Waals surface area contributed by atoms with Gasteiger partial charge in [-0.1, -0.05) is 29.7 Å². The predicted octanol–water partition coefficient (Wildman–Crippen LogP) is 1.97. The maximum atomic E-state index is 13.0. The molecule has 3 heterocycles. The van der Waals surface area contributed by atoms with E-state index in [1.54, 1.807) is 7.05 Å². The summed E-state index contributed by atoms with van der Waals surface area (Å²) in [6, 6.07) is 10.4. The minimum absolute atomic E-state index is 0.294. The Labute approximate surface area is 166 Å². The molecule has 0 radical (unpaired) electrons. The van der Waals surface area contributed by atoms with Crippen molar-refractivity contribution in [2.75, 3.05) is 0 Å². The number of aryl methyl sites for hydroxylation is 1. The molecule has 3 aromatic heterocycles. The fraction of sp³-hybridized carbons (Fsp3) is 0.381. The van der Waals surface area contributed by atoms with Crippen LogP contribution in [0.2, 0.25) is 0 Å². The second-order valence-electron chi connectivity index (χ2n) is 7.80. The van der Waals surface area contributed by atoms with Crippen molar-refractivity contribution >= 4 is 22.2 Å². The minimum Gasteiger partial charge on any atom is -0.278 e. The number of fused-ring (bicyclic) bond motifs is 3. The van der Waals surface area contributed by atoms with Gasteiger partial charge in [0, 0.05) is 24.8 Å². The summed E-state index contributed by atoms with van der Waals surface area (Å²) in [7, 11) is 3.10. The first-order valence-corrected chi connectivity index (χ1v) is 10.0. The summed E-state index contributed by atoms with van der Waals surface area (Å²) in [4.78, 5) is 28.8. The number of hydrogen-bond donors (Lipinski definition) is 1. The van der Waals surface area contributed by atoms with Gasteiger partial charge < -0.3 is 0 Å². The molecule has 1 fully saturated rings. The lowest BCUT2D eigenvalue weighted by Crippen LogP contribution is -2.42. The fourth-order valence-electron chi connectivity index (χ4n) is 4.50. The topological polar surface area (TPSA) is 89.4 Å². The SMILES string of the molecule is Cn1c(=O)c2c3[nH]c(-c4ccccc4)[n+](C4CCCCC4)c3nnc2n(C)c1=O. The summed E-state index contributed by atoms with van der Waals surface area (Å²) in [6.07, 6.45) is 5.74.